The topological polar surface area (TPSA) is 87.3 Å². The van der Waals surface area contributed by atoms with Crippen LogP contribution >= 0.6 is 0 Å². The number of nitrogens with zero attached hydrogens (tertiary/aromatic N) is 3. The zero-order chi connectivity index (χ0) is 26.0. The summed E-state index contributed by atoms with van der Waals surface area (Å²) < 4.78 is 17.0. The summed E-state index contributed by atoms with van der Waals surface area (Å²) in [7, 11) is 0. The fourth-order valence-corrected chi connectivity index (χ4v) is 6.67. The molecule has 0 saturated carbocycles. The van der Waals surface area contributed by atoms with Crippen molar-refractivity contribution in [2.24, 2.45) is 0 Å². The Morgan fingerprint density at radius 1 is 0.974 bits per heavy atom. The van der Waals surface area contributed by atoms with Crippen molar-refractivity contribution in [3.05, 3.63) is 59.3 Å². The van der Waals surface area contributed by atoms with Crippen molar-refractivity contribution >= 4 is 22.7 Å². The summed E-state index contributed by atoms with van der Waals surface area (Å²) in [6.07, 6.45) is 0.815. The van der Waals surface area contributed by atoms with Crippen molar-refractivity contribution in [1.82, 2.24) is 19.7 Å². The van der Waals surface area contributed by atoms with Gasteiger partial charge in [0, 0.05) is 49.2 Å². The first-order valence-corrected chi connectivity index (χ1v) is 13.4. The predicted octanol–water partition coefficient (Wildman–Crippen LogP) is 2.69. The summed E-state index contributed by atoms with van der Waals surface area (Å²) in [6, 6.07) is 13.0. The summed E-state index contributed by atoms with van der Waals surface area (Å²) in [4.78, 5) is 37.2. The largest absolute Gasteiger partial charge is 0.454 e. The van der Waals surface area contributed by atoms with Crippen LogP contribution in [-0.2, 0) is 20.7 Å². The van der Waals surface area contributed by atoms with Crippen molar-refractivity contribution in [3.8, 4) is 11.5 Å². The van der Waals surface area contributed by atoms with Crippen LogP contribution in [0.25, 0.3) is 10.9 Å². The second-order valence-electron chi connectivity index (χ2n) is 10.9. The van der Waals surface area contributed by atoms with Gasteiger partial charge in [0.25, 0.3) is 0 Å². The molecule has 0 bridgehead atoms. The lowest BCUT2D eigenvalue weighted by atomic mass is 9.86. The minimum atomic E-state index is -0.555. The number of ether oxygens (including phenoxy) is 3. The van der Waals surface area contributed by atoms with Gasteiger partial charge in [-0.3, -0.25) is 14.5 Å². The highest BCUT2D eigenvalue weighted by Crippen LogP contribution is 2.44. The Labute approximate surface area is 221 Å². The second kappa shape index (κ2) is 9.03. The molecule has 7 rings (SSSR count). The summed E-state index contributed by atoms with van der Waals surface area (Å²) >= 11 is 0. The van der Waals surface area contributed by atoms with Crippen molar-refractivity contribution in [1.29, 1.82) is 0 Å². The highest BCUT2D eigenvalue weighted by molar-refractivity contribution is 5.97. The van der Waals surface area contributed by atoms with E-state index in [4.69, 9.17) is 14.2 Å². The van der Waals surface area contributed by atoms with E-state index in [0.29, 0.717) is 24.5 Å². The van der Waals surface area contributed by atoms with Crippen LogP contribution in [0.1, 0.15) is 36.7 Å². The van der Waals surface area contributed by atoms with Crippen molar-refractivity contribution in [3.63, 3.8) is 0 Å². The highest BCUT2D eigenvalue weighted by atomic mass is 16.7. The molecule has 5 heterocycles. The molecule has 9 nitrogen and oxygen atoms in total. The van der Waals surface area contributed by atoms with E-state index in [-0.39, 0.29) is 37.4 Å². The number of aromatic amines is 1. The first kappa shape index (κ1) is 23.5. The molecule has 4 aliphatic rings. The normalized spacial score (nSPS) is 27.1. The Morgan fingerprint density at radius 2 is 1.76 bits per heavy atom. The molecule has 1 aromatic heterocycles. The molecule has 2 aromatic carbocycles. The molecular formula is C29H32N4O5. The van der Waals surface area contributed by atoms with Gasteiger partial charge in [0.05, 0.1) is 24.8 Å². The van der Waals surface area contributed by atoms with E-state index in [0.717, 1.165) is 47.4 Å². The first-order valence-electron chi connectivity index (χ1n) is 13.4. The van der Waals surface area contributed by atoms with E-state index in [9.17, 15) is 9.59 Å². The van der Waals surface area contributed by atoms with Crippen molar-refractivity contribution in [2.45, 2.75) is 44.6 Å². The lowest BCUT2D eigenvalue weighted by Gasteiger charge is -2.47. The molecule has 198 valence electrons. The quantitative estimate of drug-likeness (QED) is 0.574. The maximum atomic E-state index is 14.0. The van der Waals surface area contributed by atoms with Gasteiger partial charge in [0.15, 0.2) is 11.5 Å². The third-order valence-electron chi connectivity index (χ3n) is 8.24. The molecule has 2 saturated heterocycles. The number of carbonyl (C=O) groups excluding carboxylic acids is 2. The van der Waals surface area contributed by atoms with Crippen LogP contribution in [0.2, 0.25) is 0 Å². The zero-order valence-corrected chi connectivity index (χ0v) is 21.7. The number of para-hydroxylation sites is 1. The van der Waals surface area contributed by atoms with E-state index in [1.54, 1.807) is 9.80 Å². The van der Waals surface area contributed by atoms with Gasteiger partial charge in [-0.15, -0.1) is 0 Å². The fraction of sp³-hybridized carbons (Fsp3) is 0.448. The molecule has 4 atom stereocenters. The molecule has 0 unspecified atom stereocenters. The van der Waals surface area contributed by atoms with Gasteiger partial charge in [0.2, 0.25) is 18.6 Å². The van der Waals surface area contributed by atoms with Crippen molar-refractivity contribution < 1.29 is 23.8 Å². The molecule has 38 heavy (non-hydrogen) atoms. The highest BCUT2D eigenvalue weighted by Gasteiger charge is 2.48. The second-order valence-corrected chi connectivity index (χ2v) is 10.9. The number of nitrogens with one attached hydrogen (secondary N) is 1. The minimum Gasteiger partial charge on any atom is -0.454 e. The lowest BCUT2D eigenvalue weighted by molar-refractivity contribution is -0.159. The number of amides is 2. The van der Waals surface area contributed by atoms with E-state index >= 15 is 0 Å². The number of hydrogen-bond donors (Lipinski definition) is 1. The van der Waals surface area contributed by atoms with Gasteiger partial charge < -0.3 is 29.0 Å². The average molecular weight is 517 g/mol. The zero-order valence-electron chi connectivity index (χ0n) is 21.7. The maximum absolute atomic E-state index is 14.0. The molecule has 1 N–H and O–H groups in total. The molecule has 0 spiro atoms. The SMILES string of the molecule is C[C@@H]1CN(CCN2CC(=O)N3[C@@H](c4ccc5c(c4)OCO5)c4[nH]c5ccccc5c4C[C@@H]3C2=O)C[C@H](C)O1. The van der Waals surface area contributed by atoms with E-state index in [2.05, 4.69) is 29.8 Å². The van der Waals surface area contributed by atoms with Crippen LogP contribution in [0, 0.1) is 0 Å². The molecule has 4 aliphatic heterocycles. The number of fused-ring (bicyclic) bond motifs is 5. The van der Waals surface area contributed by atoms with Crippen molar-refractivity contribution in [2.75, 3.05) is 39.5 Å². The molecule has 0 aliphatic carbocycles. The summed E-state index contributed by atoms with van der Waals surface area (Å²) in [5.41, 5.74) is 3.98. The van der Waals surface area contributed by atoms with E-state index < -0.39 is 12.1 Å². The number of H-pyrrole nitrogens is 1. The van der Waals surface area contributed by atoms with Gasteiger partial charge >= 0.3 is 0 Å². The lowest BCUT2D eigenvalue weighted by Crippen LogP contribution is -2.63. The standard InChI is InChI=1S/C29H32N4O5/c1-17-13-31(14-18(2)38-17)9-10-32-15-26(34)33-23(29(32)35)12-21-20-5-3-4-6-22(20)30-27(21)28(33)19-7-8-24-25(11-19)37-16-36-24/h3-8,11,17-18,23,28,30H,9-10,12-16H2,1-2H3/t17-,18+,23-,28+/m1/s1. The van der Waals surface area contributed by atoms with Crippen LogP contribution in [0.3, 0.4) is 0 Å². The predicted molar refractivity (Wildman–Crippen MR) is 140 cm³/mol. The smallest absolute Gasteiger partial charge is 0.246 e. The van der Waals surface area contributed by atoms with Crippen LogP contribution in [0.15, 0.2) is 42.5 Å². The molecule has 3 aromatic rings. The monoisotopic (exact) mass is 516 g/mol. The number of benzene rings is 2. The summed E-state index contributed by atoms with van der Waals surface area (Å²) in [5, 5.41) is 1.10. The Bertz CT molecular complexity index is 1410. The number of hydrogen-bond acceptors (Lipinski definition) is 6. The molecule has 9 heteroatoms. The molecule has 0 radical (unpaired) electrons. The number of rotatable bonds is 4. The molecule has 2 fully saturated rings. The fourth-order valence-electron chi connectivity index (χ4n) is 6.67. The van der Waals surface area contributed by atoms with Crippen LogP contribution in [0.5, 0.6) is 11.5 Å². The Hall–Kier alpha value is -3.56. The van der Waals surface area contributed by atoms with E-state index in [1.165, 1.54) is 0 Å². The molecule has 2 amide bonds. The van der Waals surface area contributed by atoms with Gasteiger partial charge in [0.1, 0.15) is 6.04 Å². The Kier molecular flexibility index (Phi) is 5.59. The van der Waals surface area contributed by atoms with E-state index in [1.807, 2.05) is 36.4 Å². The first-order chi connectivity index (χ1) is 18.5. The maximum Gasteiger partial charge on any atom is 0.246 e. The summed E-state index contributed by atoms with van der Waals surface area (Å²) in [6.45, 7) is 7.35. The third-order valence-corrected chi connectivity index (χ3v) is 8.24. The minimum absolute atomic E-state index is 0.0145. The van der Waals surface area contributed by atoms with Crippen LogP contribution < -0.4 is 9.47 Å². The number of carbonyl (C=O) groups is 2. The van der Waals surface area contributed by atoms with Gasteiger partial charge in [-0.25, -0.2) is 0 Å². The average Bonchev–Trinajstić information content (AvgIpc) is 3.52. The van der Waals surface area contributed by atoms with Gasteiger partial charge in [-0.1, -0.05) is 24.3 Å². The molecular weight excluding hydrogens is 484 g/mol. The van der Waals surface area contributed by atoms with Gasteiger partial charge in [-0.2, -0.15) is 0 Å². The van der Waals surface area contributed by atoms with Gasteiger partial charge in [-0.05, 0) is 43.2 Å². The number of morpholine rings is 1. The number of piperazine rings is 1. The Balaban J connectivity index is 1.23. The summed E-state index contributed by atoms with van der Waals surface area (Å²) in [5.74, 6) is 1.33. The number of aromatic nitrogens is 1. The van der Waals surface area contributed by atoms with Crippen LogP contribution in [-0.4, -0.2) is 89.3 Å². The van der Waals surface area contributed by atoms with Crippen LogP contribution in [0.4, 0.5) is 0 Å². The third kappa shape index (κ3) is 3.84. The Morgan fingerprint density at radius 3 is 2.61 bits per heavy atom.